The van der Waals surface area contributed by atoms with Gasteiger partial charge in [0.2, 0.25) is 5.91 Å². The lowest BCUT2D eigenvalue weighted by Gasteiger charge is -2.37. The highest BCUT2D eigenvalue weighted by molar-refractivity contribution is 7.46. The summed E-state index contributed by atoms with van der Waals surface area (Å²) in [5.74, 6) is 1.14. The van der Waals surface area contributed by atoms with Gasteiger partial charge in [-0.15, -0.1) is 0 Å². The number of aromatic nitrogens is 4. The molecule has 1 fully saturated rings. The molecule has 5 rings (SSSR count). The van der Waals surface area contributed by atoms with E-state index >= 15 is 0 Å². The van der Waals surface area contributed by atoms with Gasteiger partial charge in [0.05, 0.1) is 32.3 Å². The van der Waals surface area contributed by atoms with Gasteiger partial charge in [0.25, 0.3) is 0 Å². The molecule has 0 radical (unpaired) electrons. The maximum Gasteiger partial charge on any atom is 0.469 e. The summed E-state index contributed by atoms with van der Waals surface area (Å²) in [5, 5.41) is 13.5. The first kappa shape index (κ1) is 32.3. The molecule has 16 heteroatoms. The minimum absolute atomic E-state index is 0.00380. The number of H-pyrrole nitrogens is 1. The largest absolute Gasteiger partial charge is 0.493 e. The predicted octanol–water partition coefficient (Wildman–Crippen LogP) is 4.16. The van der Waals surface area contributed by atoms with Crippen LogP contribution < -0.4 is 20.1 Å². The molecule has 1 aliphatic rings. The number of nitrogens with zero attached hydrogens (tertiary/aromatic N) is 4. The Morgan fingerprint density at radius 3 is 2.71 bits per heavy atom. The highest BCUT2D eigenvalue weighted by Gasteiger charge is 2.25. The Morgan fingerprint density at radius 2 is 1.98 bits per heavy atom. The second-order valence-electron chi connectivity index (χ2n) is 10.5. The maximum atomic E-state index is 13.4. The first-order valence-electron chi connectivity index (χ1n) is 14.4. The first-order valence-corrected chi connectivity index (χ1v) is 16.0. The van der Waals surface area contributed by atoms with E-state index in [9.17, 15) is 13.8 Å². The van der Waals surface area contributed by atoms with E-state index in [1.54, 1.807) is 31.4 Å². The van der Waals surface area contributed by atoms with Gasteiger partial charge in [-0.25, -0.2) is 18.9 Å². The van der Waals surface area contributed by atoms with Crippen molar-refractivity contribution in [3.8, 4) is 11.5 Å². The lowest BCUT2D eigenvalue weighted by molar-refractivity contribution is -0.115. The normalized spacial score (nSPS) is 13.5. The first-order chi connectivity index (χ1) is 21.7. The third-order valence-corrected chi connectivity index (χ3v) is 7.85. The van der Waals surface area contributed by atoms with Crippen LogP contribution in [0, 0.1) is 5.82 Å². The van der Waals surface area contributed by atoms with Gasteiger partial charge in [-0.1, -0.05) is 12.5 Å². The SMILES string of the molecule is COc1cc2c(Nc3cc(CC(=O)Nc4cccc(F)c4)[nH]n3)ncnc2cc1OCCCN(CCOP(=O)(O)O)C1CCC1. The number of benzene rings is 2. The van der Waals surface area contributed by atoms with Crippen molar-refractivity contribution in [3.05, 3.63) is 60.3 Å². The Balaban J connectivity index is 1.18. The molecule has 0 atom stereocenters. The predicted molar refractivity (Wildman–Crippen MR) is 164 cm³/mol. The van der Waals surface area contributed by atoms with Gasteiger partial charge in [-0.05, 0) is 43.5 Å². The van der Waals surface area contributed by atoms with E-state index in [2.05, 4.69) is 40.2 Å². The van der Waals surface area contributed by atoms with E-state index in [-0.39, 0.29) is 18.9 Å². The molecule has 2 aromatic carbocycles. The van der Waals surface area contributed by atoms with Crippen molar-refractivity contribution < 1.29 is 37.5 Å². The standard InChI is InChI=1S/C29H35FN7O7P/c1-42-25-16-23-24(17-26(25)43-11-4-9-37(22-7-3-8-22)10-12-44-45(39,40)41)31-18-32-29(23)34-27-14-21(35-36-27)15-28(38)33-20-6-2-5-19(30)13-20/h2,5-6,13-14,16-18,22H,3-4,7-12,15H2,1H3,(H,33,38)(H2,39,40,41)(H2,31,32,34,35,36). The Hall–Kier alpha value is -4.14. The van der Waals surface area contributed by atoms with Crippen LogP contribution in [0.15, 0.2) is 48.8 Å². The molecular formula is C29H35FN7O7P. The highest BCUT2D eigenvalue weighted by atomic mass is 31.2. The molecule has 1 aliphatic carbocycles. The number of hydrogen-bond acceptors (Lipinski definition) is 10. The van der Waals surface area contributed by atoms with Crippen molar-refractivity contribution in [1.29, 1.82) is 0 Å². The maximum absolute atomic E-state index is 13.4. The quantitative estimate of drug-likeness (QED) is 0.0869. The van der Waals surface area contributed by atoms with E-state index in [1.165, 1.54) is 24.5 Å². The molecule has 5 N–H and O–H groups in total. The smallest absolute Gasteiger partial charge is 0.469 e. The number of methoxy groups -OCH3 is 1. The van der Waals surface area contributed by atoms with Gasteiger partial charge < -0.3 is 29.9 Å². The zero-order chi connectivity index (χ0) is 31.8. The molecule has 0 saturated heterocycles. The number of halogens is 1. The zero-order valence-corrected chi connectivity index (χ0v) is 25.5. The van der Waals surface area contributed by atoms with Crippen molar-refractivity contribution in [1.82, 2.24) is 25.1 Å². The van der Waals surface area contributed by atoms with E-state index in [0.717, 1.165) is 19.3 Å². The van der Waals surface area contributed by atoms with Crippen LogP contribution in [0.3, 0.4) is 0 Å². The Bertz CT molecular complexity index is 1660. The van der Waals surface area contributed by atoms with Crippen molar-refractivity contribution in [3.63, 3.8) is 0 Å². The fourth-order valence-electron chi connectivity index (χ4n) is 4.97. The van der Waals surface area contributed by atoms with Crippen LogP contribution in [0.1, 0.15) is 31.4 Å². The molecule has 1 saturated carbocycles. The van der Waals surface area contributed by atoms with Gasteiger partial charge >= 0.3 is 7.82 Å². The molecule has 45 heavy (non-hydrogen) atoms. The molecule has 0 unspecified atom stereocenters. The zero-order valence-electron chi connectivity index (χ0n) is 24.6. The number of phosphoric ester groups is 1. The van der Waals surface area contributed by atoms with Gasteiger partial charge in [0.15, 0.2) is 17.3 Å². The van der Waals surface area contributed by atoms with E-state index in [1.807, 2.05) is 0 Å². The van der Waals surface area contributed by atoms with E-state index in [4.69, 9.17) is 19.3 Å². The summed E-state index contributed by atoms with van der Waals surface area (Å²) in [5.41, 5.74) is 1.52. The second kappa shape index (κ2) is 14.8. The van der Waals surface area contributed by atoms with Gasteiger partial charge in [0, 0.05) is 48.0 Å². The van der Waals surface area contributed by atoms with Crippen LogP contribution in [-0.4, -0.2) is 80.2 Å². The van der Waals surface area contributed by atoms with Crippen LogP contribution in [0.5, 0.6) is 11.5 Å². The lowest BCUT2D eigenvalue weighted by atomic mass is 9.91. The van der Waals surface area contributed by atoms with Gasteiger partial charge in [-0.3, -0.25) is 19.3 Å². The molecule has 0 spiro atoms. The number of nitrogens with one attached hydrogen (secondary N) is 3. The summed E-state index contributed by atoms with van der Waals surface area (Å²) >= 11 is 0. The number of amides is 1. The number of phosphoric acid groups is 1. The van der Waals surface area contributed by atoms with Crippen LogP contribution in [0.2, 0.25) is 0 Å². The van der Waals surface area contributed by atoms with Crippen molar-refractivity contribution in [2.45, 2.75) is 38.1 Å². The molecule has 2 aromatic heterocycles. The van der Waals surface area contributed by atoms with Crippen molar-refractivity contribution in [2.24, 2.45) is 0 Å². The lowest BCUT2D eigenvalue weighted by Crippen LogP contribution is -2.42. The molecule has 0 bridgehead atoms. The summed E-state index contributed by atoms with van der Waals surface area (Å²) in [4.78, 5) is 41.3. The number of ether oxygens (including phenoxy) is 2. The number of carbonyl (C=O) groups is 1. The average Bonchev–Trinajstić information content (AvgIpc) is 3.39. The van der Waals surface area contributed by atoms with Crippen molar-refractivity contribution >= 4 is 42.0 Å². The third-order valence-electron chi connectivity index (χ3n) is 7.33. The summed E-state index contributed by atoms with van der Waals surface area (Å²) < 4.78 is 40.7. The Labute approximate surface area is 258 Å². The Morgan fingerprint density at radius 1 is 1.13 bits per heavy atom. The molecular weight excluding hydrogens is 608 g/mol. The number of fused-ring (bicyclic) bond motifs is 1. The number of rotatable bonds is 16. The van der Waals surface area contributed by atoms with Gasteiger partial charge in [0.1, 0.15) is 18.0 Å². The average molecular weight is 644 g/mol. The van der Waals surface area contributed by atoms with Crippen molar-refractivity contribution in [2.75, 3.05) is 44.0 Å². The van der Waals surface area contributed by atoms with Crippen LogP contribution in [-0.2, 0) is 20.3 Å². The summed E-state index contributed by atoms with van der Waals surface area (Å²) in [6.45, 7) is 1.48. The van der Waals surface area contributed by atoms with Crippen LogP contribution in [0.25, 0.3) is 10.9 Å². The van der Waals surface area contributed by atoms with Crippen LogP contribution >= 0.6 is 7.82 Å². The molecule has 2 heterocycles. The van der Waals surface area contributed by atoms with E-state index < -0.39 is 13.6 Å². The summed E-state index contributed by atoms with van der Waals surface area (Å²) in [6, 6.07) is 11.3. The molecule has 0 aliphatic heterocycles. The van der Waals surface area contributed by atoms with Crippen LogP contribution in [0.4, 0.5) is 21.7 Å². The fourth-order valence-corrected chi connectivity index (χ4v) is 5.29. The minimum atomic E-state index is -4.49. The number of aromatic amines is 1. The highest BCUT2D eigenvalue weighted by Crippen LogP contribution is 2.36. The molecule has 240 valence electrons. The molecule has 4 aromatic rings. The number of anilines is 3. The second-order valence-corrected chi connectivity index (χ2v) is 11.8. The molecule has 14 nitrogen and oxygen atoms in total. The monoisotopic (exact) mass is 643 g/mol. The summed E-state index contributed by atoms with van der Waals surface area (Å²) in [7, 11) is -2.95. The van der Waals surface area contributed by atoms with Gasteiger partial charge in [-0.2, -0.15) is 5.10 Å². The molecule has 1 amide bonds. The third kappa shape index (κ3) is 9.19. The number of hydrogen-bond donors (Lipinski definition) is 5. The van der Waals surface area contributed by atoms with E-state index in [0.29, 0.717) is 77.6 Å². The Kier molecular flexibility index (Phi) is 10.6. The number of carbonyl (C=O) groups excluding carboxylic acids is 1. The minimum Gasteiger partial charge on any atom is -0.493 e. The fraction of sp³-hybridized carbons (Fsp3) is 0.379. The summed E-state index contributed by atoms with van der Waals surface area (Å²) in [6.07, 6.45) is 5.35. The topological polar surface area (TPSA) is 184 Å².